The normalized spacial score (nSPS) is 17.2. The second kappa shape index (κ2) is 16.4. The summed E-state index contributed by atoms with van der Waals surface area (Å²) in [5, 5.41) is 24.7. The first-order valence-electron chi connectivity index (χ1n) is 14.8. The molecule has 0 radical (unpaired) electrons. The maximum absolute atomic E-state index is 14.2. The molecule has 0 aromatic heterocycles. The standard InChI is InChI=1S/C32H38F3N3O9/c1-6-45-31(41)28-27(21-8-7-9-22(15-21)38(42)43)26(19(4)37-29(28)32(33,34)35)30(40)46-13-12-20-10-11-24(25(14-20)44-5)47-17-23(39)16-36-18(2)3/h7-11,14-15,18,23,27-28,36,39H,6,12-13,16-17H2,1-5H3. The fourth-order valence-corrected chi connectivity index (χ4v) is 4.99. The average Bonchev–Trinajstić information content (AvgIpc) is 3.01. The van der Waals surface area contributed by atoms with Gasteiger partial charge < -0.3 is 29.4 Å². The van der Waals surface area contributed by atoms with Crippen LogP contribution < -0.4 is 14.8 Å². The Morgan fingerprint density at radius 2 is 1.85 bits per heavy atom. The van der Waals surface area contributed by atoms with Gasteiger partial charge in [-0.05, 0) is 37.1 Å². The molecule has 0 bridgehead atoms. The second-order valence-electron chi connectivity index (χ2n) is 11.0. The summed E-state index contributed by atoms with van der Waals surface area (Å²) >= 11 is 0. The van der Waals surface area contributed by atoms with Crippen molar-refractivity contribution in [1.29, 1.82) is 0 Å². The summed E-state index contributed by atoms with van der Waals surface area (Å²) in [6.07, 6.45) is -5.68. The van der Waals surface area contributed by atoms with E-state index in [1.165, 1.54) is 33.1 Å². The fourth-order valence-electron chi connectivity index (χ4n) is 4.99. The van der Waals surface area contributed by atoms with Gasteiger partial charge in [0.05, 0.1) is 30.8 Å². The highest BCUT2D eigenvalue weighted by molar-refractivity contribution is 6.10. The number of aliphatic imine (C=N–C) groups is 1. The number of nitrogens with one attached hydrogen (secondary N) is 1. The number of rotatable bonds is 15. The Hall–Kier alpha value is -4.50. The Bertz CT molecular complexity index is 1510. The lowest BCUT2D eigenvalue weighted by Crippen LogP contribution is -2.44. The van der Waals surface area contributed by atoms with Crippen molar-refractivity contribution >= 4 is 23.3 Å². The van der Waals surface area contributed by atoms with Crippen LogP contribution in [-0.4, -0.2) is 79.5 Å². The van der Waals surface area contributed by atoms with E-state index in [2.05, 4.69) is 10.3 Å². The topological polar surface area (TPSA) is 159 Å². The number of nitro groups is 1. The number of alkyl halides is 3. The number of esters is 2. The number of non-ortho nitro benzene ring substituents is 1. The number of hydrogen-bond donors (Lipinski definition) is 2. The highest BCUT2D eigenvalue weighted by atomic mass is 19.4. The zero-order valence-electron chi connectivity index (χ0n) is 26.6. The van der Waals surface area contributed by atoms with Gasteiger partial charge in [0.15, 0.2) is 11.5 Å². The molecule has 1 aliphatic rings. The summed E-state index contributed by atoms with van der Waals surface area (Å²) in [4.78, 5) is 40.9. The first-order valence-corrected chi connectivity index (χ1v) is 14.8. The van der Waals surface area contributed by atoms with E-state index < -0.39 is 52.4 Å². The minimum Gasteiger partial charge on any atom is -0.493 e. The van der Waals surface area contributed by atoms with Crippen molar-refractivity contribution in [3.05, 3.63) is 75.0 Å². The lowest BCUT2D eigenvalue weighted by molar-refractivity contribution is -0.384. The zero-order chi connectivity index (χ0) is 34.9. The third-order valence-electron chi connectivity index (χ3n) is 7.15. The molecule has 2 aromatic rings. The quantitative estimate of drug-likeness (QED) is 0.155. The molecule has 3 rings (SSSR count). The minimum absolute atomic E-state index is 0.0125. The van der Waals surface area contributed by atoms with Crippen LogP contribution in [0.5, 0.6) is 11.5 Å². The highest BCUT2D eigenvalue weighted by Crippen LogP contribution is 2.44. The monoisotopic (exact) mass is 665 g/mol. The number of hydrogen-bond acceptors (Lipinski definition) is 11. The third-order valence-corrected chi connectivity index (χ3v) is 7.15. The molecule has 0 saturated carbocycles. The Kier molecular flexibility index (Phi) is 12.9. The smallest absolute Gasteiger partial charge is 0.430 e. The molecule has 47 heavy (non-hydrogen) atoms. The zero-order valence-corrected chi connectivity index (χ0v) is 26.6. The molecule has 1 aliphatic heterocycles. The lowest BCUT2D eigenvalue weighted by Gasteiger charge is -2.33. The highest BCUT2D eigenvalue weighted by Gasteiger charge is 2.53. The average molecular weight is 666 g/mol. The summed E-state index contributed by atoms with van der Waals surface area (Å²) in [5.74, 6) is -5.37. The van der Waals surface area contributed by atoms with E-state index in [1.807, 2.05) is 13.8 Å². The number of benzene rings is 2. The summed E-state index contributed by atoms with van der Waals surface area (Å²) in [6, 6.07) is 9.84. The molecular weight excluding hydrogens is 627 g/mol. The molecule has 0 saturated heterocycles. The number of aliphatic hydroxyl groups is 1. The van der Waals surface area contributed by atoms with Crippen molar-refractivity contribution in [2.45, 2.75) is 58.4 Å². The van der Waals surface area contributed by atoms with Crippen molar-refractivity contribution in [1.82, 2.24) is 5.32 Å². The number of allylic oxidation sites excluding steroid dienone is 1. The SMILES string of the molecule is CCOC(=O)C1C(C(F)(F)F)=NC(C)=C(C(=O)OCCc2ccc(OCC(O)CNC(C)C)c(OC)c2)C1c1cccc([N+](=O)[O-])c1. The van der Waals surface area contributed by atoms with Crippen LogP contribution in [0.15, 0.2) is 58.7 Å². The molecule has 256 valence electrons. The van der Waals surface area contributed by atoms with E-state index in [9.17, 15) is 38.0 Å². The molecule has 0 spiro atoms. The van der Waals surface area contributed by atoms with Gasteiger partial charge in [0.1, 0.15) is 24.3 Å². The van der Waals surface area contributed by atoms with Crippen LogP contribution >= 0.6 is 0 Å². The molecular formula is C32H38F3N3O9. The van der Waals surface area contributed by atoms with E-state index in [-0.39, 0.29) is 49.1 Å². The maximum atomic E-state index is 14.2. The van der Waals surface area contributed by atoms with E-state index in [1.54, 1.807) is 18.2 Å². The van der Waals surface area contributed by atoms with Crippen molar-refractivity contribution in [2.24, 2.45) is 10.9 Å². The van der Waals surface area contributed by atoms with Gasteiger partial charge in [0, 0.05) is 42.8 Å². The first kappa shape index (κ1) is 37.0. The van der Waals surface area contributed by atoms with E-state index >= 15 is 0 Å². The van der Waals surface area contributed by atoms with Crippen LogP contribution in [0.4, 0.5) is 18.9 Å². The number of carbonyl (C=O) groups excluding carboxylic acids is 2. The minimum atomic E-state index is -5.08. The number of aliphatic hydroxyl groups excluding tert-OH is 1. The molecule has 1 heterocycles. The van der Waals surface area contributed by atoms with Gasteiger partial charge in [-0.3, -0.25) is 19.9 Å². The molecule has 0 aliphatic carbocycles. The van der Waals surface area contributed by atoms with Gasteiger partial charge >= 0.3 is 18.1 Å². The van der Waals surface area contributed by atoms with Gasteiger partial charge in [-0.15, -0.1) is 0 Å². The maximum Gasteiger partial charge on any atom is 0.430 e. The molecule has 3 atom stereocenters. The number of halogens is 3. The number of nitro benzene ring substituents is 1. The van der Waals surface area contributed by atoms with E-state index in [0.29, 0.717) is 23.6 Å². The van der Waals surface area contributed by atoms with Crippen LogP contribution in [0.2, 0.25) is 0 Å². The molecule has 12 nitrogen and oxygen atoms in total. The van der Waals surface area contributed by atoms with Crippen molar-refractivity contribution in [3.8, 4) is 11.5 Å². The molecule has 15 heteroatoms. The van der Waals surface area contributed by atoms with Crippen LogP contribution in [0.3, 0.4) is 0 Å². The van der Waals surface area contributed by atoms with Crippen molar-refractivity contribution in [3.63, 3.8) is 0 Å². The molecule has 3 unspecified atom stereocenters. The van der Waals surface area contributed by atoms with Gasteiger partial charge in [-0.2, -0.15) is 13.2 Å². The Morgan fingerprint density at radius 1 is 1.13 bits per heavy atom. The van der Waals surface area contributed by atoms with Crippen LogP contribution in [0.25, 0.3) is 0 Å². The van der Waals surface area contributed by atoms with Gasteiger partial charge in [0.25, 0.3) is 5.69 Å². The Labute approximate surface area is 269 Å². The van der Waals surface area contributed by atoms with Crippen molar-refractivity contribution < 1.29 is 51.7 Å². The summed E-state index contributed by atoms with van der Waals surface area (Å²) in [7, 11) is 1.44. The second-order valence-corrected chi connectivity index (χ2v) is 11.0. The molecule has 0 amide bonds. The van der Waals surface area contributed by atoms with Crippen LogP contribution in [0, 0.1) is 16.0 Å². The number of carbonyl (C=O) groups is 2. The van der Waals surface area contributed by atoms with E-state index in [0.717, 1.165) is 12.1 Å². The predicted octanol–water partition coefficient (Wildman–Crippen LogP) is 4.68. The number of nitrogens with zero attached hydrogens (tertiary/aromatic N) is 2. The van der Waals surface area contributed by atoms with Gasteiger partial charge in [0.2, 0.25) is 0 Å². The molecule has 2 aromatic carbocycles. The third kappa shape index (κ3) is 9.75. The number of ether oxygens (including phenoxy) is 4. The van der Waals surface area contributed by atoms with Gasteiger partial charge in [-0.1, -0.05) is 32.0 Å². The lowest BCUT2D eigenvalue weighted by atomic mass is 9.75. The summed E-state index contributed by atoms with van der Waals surface area (Å²) < 4.78 is 64.1. The number of methoxy groups -OCH3 is 1. The molecule has 2 N–H and O–H groups in total. The predicted molar refractivity (Wildman–Crippen MR) is 164 cm³/mol. The Balaban J connectivity index is 1.87. The van der Waals surface area contributed by atoms with Crippen LogP contribution in [-0.2, 0) is 25.5 Å². The summed E-state index contributed by atoms with van der Waals surface area (Å²) in [5.41, 5.74) is -2.08. The first-order chi connectivity index (χ1) is 22.2. The van der Waals surface area contributed by atoms with Crippen molar-refractivity contribution in [2.75, 3.05) is 33.5 Å². The largest absolute Gasteiger partial charge is 0.493 e. The van der Waals surface area contributed by atoms with E-state index in [4.69, 9.17) is 18.9 Å². The molecule has 0 fully saturated rings. The van der Waals surface area contributed by atoms with Gasteiger partial charge in [-0.25, -0.2) is 4.79 Å². The fraction of sp³-hybridized carbons (Fsp3) is 0.469. The van der Waals surface area contributed by atoms with Crippen LogP contribution in [0.1, 0.15) is 44.7 Å². The summed E-state index contributed by atoms with van der Waals surface area (Å²) in [6.45, 7) is 6.36. The Morgan fingerprint density at radius 3 is 2.47 bits per heavy atom.